The first-order valence-electron chi connectivity index (χ1n) is 10.1. The van der Waals surface area contributed by atoms with E-state index in [0.717, 1.165) is 38.3 Å². The van der Waals surface area contributed by atoms with E-state index in [0.29, 0.717) is 12.1 Å². The first-order chi connectivity index (χ1) is 14.3. The molecular formula is C24H26N4O. The zero-order chi connectivity index (χ0) is 19.9. The zero-order valence-corrected chi connectivity index (χ0v) is 16.5. The van der Waals surface area contributed by atoms with E-state index in [-0.39, 0.29) is 5.91 Å². The van der Waals surface area contributed by atoms with Crippen molar-refractivity contribution in [2.45, 2.75) is 6.42 Å². The summed E-state index contributed by atoms with van der Waals surface area (Å²) in [7, 11) is 0. The molecule has 0 spiro atoms. The monoisotopic (exact) mass is 386 g/mol. The van der Waals surface area contributed by atoms with Crippen LogP contribution in [0.5, 0.6) is 0 Å². The predicted octanol–water partition coefficient (Wildman–Crippen LogP) is 3.38. The number of pyridine rings is 1. The summed E-state index contributed by atoms with van der Waals surface area (Å²) in [4.78, 5) is 21.5. The molecule has 0 atom stereocenters. The first kappa shape index (κ1) is 19.0. The Morgan fingerprint density at radius 2 is 1.45 bits per heavy atom. The fourth-order valence-corrected chi connectivity index (χ4v) is 3.65. The number of carbonyl (C=O) groups is 1. The van der Waals surface area contributed by atoms with Crippen molar-refractivity contribution in [3.63, 3.8) is 0 Å². The normalized spacial score (nSPS) is 13.9. The van der Waals surface area contributed by atoms with E-state index < -0.39 is 0 Å². The number of hydrogen-bond donors (Lipinski definition) is 1. The molecule has 1 aliphatic rings. The summed E-state index contributed by atoms with van der Waals surface area (Å²) in [6, 6.07) is 22.6. The molecule has 0 aliphatic carbocycles. The molecule has 5 nitrogen and oxygen atoms in total. The molecule has 0 radical (unpaired) electrons. The first-order valence-corrected chi connectivity index (χ1v) is 10.1. The number of amides is 1. The van der Waals surface area contributed by atoms with Gasteiger partial charge in [0.15, 0.2) is 0 Å². The van der Waals surface area contributed by atoms with Gasteiger partial charge in [-0.2, -0.15) is 0 Å². The van der Waals surface area contributed by atoms with Gasteiger partial charge in [0, 0.05) is 44.6 Å². The molecule has 1 aliphatic heterocycles. The van der Waals surface area contributed by atoms with Crippen molar-refractivity contribution in [2.24, 2.45) is 0 Å². The molecule has 148 valence electrons. The average molecular weight is 386 g/mol. The SMILES string of the molecule is O=C(NCCc1ccccc1)c1cncc(N2CCN(c3ccccc3)CC2)c1. The van der Waals surface area contributed by atoms with E-state index in [1.165, 1.54) is 11.3 Å². The van der Waals surface area contributed by atoms with Crippen molar-refractivity contribution in [1.82, 2.24) is 10.3 Å². The molecule has 2 aromatic carbocycles. The van der Waals surface area contributed by atoms with Crippen LogP contribution in [0.4, 0.5) is 11.4 Å². The van der Waals surface area contributed by atoms with E-state index in [4.69, 9.17) is 0 Å². The molecule has 1 aromatic heterocycles. The van der Waals surface area contributed by atoms with Gasteiger partial charge in [-0.15, -0.1) is 0 Å². The van der Waals surface area contributed by atoms with Crippen LogP contribution in [0.2, 0.25) is 0 Å². The van der Waals surface area contributed by atoms with E-state index in [1.54, 1.807) is 6.20 Å². The van der Waals surface area contributed by atoms with Crippen molar-refractivity contribution in [2.75, 3.05) is 42.5 Å². The minimum atomic E-state index is -0.0711. The summed E-state index contributed by atoms with van der Waals surface area (Å²) in [5, 5.41) is 3.00. The van der Waals surface area contributed by atoms with E-state index >= 15 is 0 Å². The van der Waals surface area contributed by atoms with Gasteiger partial charge < -0.3 is 15.1 Å². The second-order valence-electron chi connectivity index (χ2n) is 7.23. The summed E-state index contributed by atoms with van der Waals surface area (Å²) in [6.07, 6.45) is 4.31. The number of piperazine rings is 1. The van der Waals surface area contributed by atoms with Crippen LogP contribution in [0, 0.1) is 0 Å². The smallest absolute Gasteiger partial charge is 0.252 e. The molecule has 1 fully saturated rings. The highest BCUT2D eigenvalue weighted by Crippen LogP contribution is 2.20. The maximum absolute atomic E-state index is 12.5. The zero-order valence-electron chi connectivity index (χ0n) is 16.5. The highest BCUT2D eigenvalue weighted by molar-refractivity contribution is 5.94. The molecule has 5 heteroatoms. The van der Waals surface area contributed by atoms with Crippen LogP contribution in [-0.4, -0.2) is 43.6 Å². The van der Waals surface area contributed by atoms with Crippen molar-refractivity contribution in [3.05, 3.63) is 90.3 Å². The Labute approximate surface area is 172 Å². The molecular weight excluding hydrogens is 360 g/mol. The van der Waals surface area contributed by atoms with Crippen LogP contribution in [0.15, 0.2) is 79.1 Å². The number of rotatable bonds is 6. The van der Waals surface area contributed by atoms with E-state index in [2.05, 4.69) is 56.5 Å². The summed E-state index contributed by atoms with van der Waals surface area (Å²) >= 11 is 0. The van der Waals surface area contributed by atoms with Gasteiger partial charge >= 0.3 is 0 Å². The van der Waals surface area contributed by atoms with Crippen LogP contribution in [0.1, 0.15) is 15.9 Å². The Morgan fingerprint density at radius 3 is 2.14 bits per heavy atom. The highest BCUT2D eigenvalue weighted by atomic mass is 16.1. The number of nitrogens with one attached hydrogen (secondary N) is 1. The lowest BCUT2D eigenvalue weighted by Gasteiger charge is -2.37. The lowest BCUT2D eigenvalue weighted by molar-refractivity contribution is 0.0954. The third kappa shape index (κ3) is 4.93. The lowest BCUT2D eigenvalue weighted by Crippen LogP contribution is -2.46. The predicted molar refractivity (Wildman–Crippen MR) is 118 cm³/mol. The van der Waals surface area contributed by atoms with Crippen LogP contribution in [0.3, 0.4) is 0 Å². The Balaban J connectivity index is 1.32. The van der Waals surface area contributed by atoms with Crippen molar-refractivity contribution in [3.8, 4) is 0 Å². The molecule has 0 saturated carbocycles. The van der Waals surface area contributed by atoms with E-state index in [9.17, 15) is 4.79 Å². The lowest BCUT2D eigenvalue weighted by atomic mass is 10.1. The largest absolute Gasteiger partial charge is 0.368 e. The van der Waals surface area contributed by atoms with Crippen LogP contribution in [-0.2, 0) is 6.42 Å². The van der Waals surface area contributed by atoms with Crippen LogP contribution >= 0.6 is 0 Å². The van der Waals surface area contributed by atoms with Gasteiger partial charge in [0.1, 0.15) is 0 Å². The van der Waals surface area contributed by atoms with Gasteiger partial charge in [-0.1, -0.05) is 48.5 Å². The highest BCUT2D eigenvalue weighted by Gasteiger charge is 2.18. The second kappa shape index (κ2) is 9.24. The molecule has 1 saturated heterocycles. The van der Waals surface area contributed by atoms with Crippen molar-refractivity contribution >= 4 is 17.3 Å². The summed E-state index contributed by atoms with van der Waals surface area (Å²) in [5.41, 5.74) is 4.10. The number of hydrogen-bond acceptors (Lipinski definition) is 4. The fraction of sp³-hybridized carbons (Fsp3) is 0.250. The van der Waals surface area contributed by atoms with Gasteiger partial charge in [0.25, 0.3) is 5.91 Å². The third-order valence-corrected chi connectivity index (χ3v) is 5.29. The molecule has 1 amide bonds. The molecule has 1 N–H and O–H groups in total. The fourth-order valence-electron chi connectivity index (χ4n) is 3.65. The third-order valence-electron chi connectivity index (χ3n) is 5.29. The van der Waals surface area contributed by atoms with Crippen LogP contribution in [0.25, 0.3) is 0 Å². The standard InChI is InChI=1S/C24H26N4O/c29-24(26-12-11-20-7-3-1-4-8-20)21-17-23(19-25-18-21)28-15-13-27(14-16-28)22-9-5-2-6-10-22/h1-10,17-19H,11-16H2,(H,26,29). The Bertz CT molecular complexity index is 922. The Hall–Kier alpha value is -3.34. The Kier molecular flexibility index (Phi) is 6.05. The number of carbonyl (C=O) groups excluding carboxylic acids is 1. The number of aromatic nitrogens is 1. The second-order valence-corrected chi connectivity index (χ2v) is 7.23. The number of para-hydroxylation sites is 1. The summed E-state index contributed by atoms with van der Waals surface area (Å²) < 4.78 is 0. The minimum Gasteiger partial charge on any atom is -0.368 e. The molecule has 0 bridgehead atoms. The van der Waals surface area contributed by atoms with Crippen LogP contribution < -0.4 is 15.1 Å². The van der Waals surface area contributed by atoms with Gasteiger partial charge in [-0.3, -0.25) is 9.78 Å². The molecule has 4 rings (SSSR count). The molecule has 2 heterocycles. The van der Waals surface area contributed by atoms with Gasteiger partial charge in [-0.25, -0.2) is 0 Å². The quantitative estimate of drug-likeness (QED) is 0.706. The van der Waals surface area contributed by atoms with E-state index in [1.807, 2.05) is 36.5 Å². The topological polar surface area (TPSA) is 48.5 Å². The molecule has 3 aromatic rings. The average Bonchev–Trinajstić information content (AvgIpc) is 2.80. The maximum Gasteiger partial charge on any atom is 0.252 e. The van der Waals surface area contributed by atoms with Gasteiger partial charge in [0.2, 0.25) is 0 Å². The number of benzene rings is 2. The van der Waals surface area contributed by atoms with Crippen molar-refractivity contribution in [1.29, 1.82) is 0 Å². The number of anilines is 2. The molecule has 29 heavy (non-hydrogen) atoms. The minimum absolute atomic E-state index is 0.0711. The number of nitrogens with zero attached hydrogens (tertiary/aromatic N) is 3. The summed E-state index contributed by atoms with van der Waals surface area (Å²) in [6.45, 7) is 4.35. The van der Waals surface area contributed by atoms with Crippen molar-refractivity contribution < 1.29 is 4.79 Å². The Morgan fingerprint density at radius 1 is 0.828 bits per heavy atom. The maximum atomic E-state index is 12.5. The van der Waals surface area contributed by atoms with Gasteiger partial charge in [0.05, 0.1) is 17.4 Å². The molecule has 0 unspecified atom stereocenters. The summed E-state index contributed by atoms with van der Waals surface area (Å²) in [5.74, 6) is -0.0711. The van der Waals surface area contributed by atoms with Gasteiger partial charge in [-0.05, 0) is 30.2 Å².